The van der Waals surface area contributed by atoms with Gasteiger partial charge in [-0.05, 0) is 43.5 Å². The van der Waals surface area contributed by atoms with Crippen molar-refractivity contribution < 1.29 is 9.18 Å². The lowest BCUT2D eigenvalue weighted by Gasteiger charge is -2.28. The SMILES string of the molecule is Cl.NCCc1nc(C(=O)N(CCc2ccc(F)cc2)C2CCCC2)cs1. The molecule has 3 rings (SSSR count). The maximum atomic E-state index is 13.1. The topological polar surface area (TPSA) is 59.2 Å². The van der Waals surface area contributed by atoms with Crippen LogP contribution in [0.5, 0.6) is 0 Å². The first-order valence-corrected chi connectivity index (χ1v) is 9.75. The van der Waals surface area contributed by atoms with Crippen molar-refractivity contribution in [3.05, 3.63) is 51.7 Å². The molecule has 142 valence electrons. The van der Waals surface area contributed by atoms with Gasteiger partial charge in [-0.2, -0.15) is 0 Å². The second-order valence-corrected chi connectivity index (χ2v) is 7.42. The molecule has 1 fully saturated rings. The van der Waals surface area contributed by atoms with Gasteiger partial charge in [0.05, 0.1) is 5.01 Å². The third-order valence-corrected chi connectivity index (χ3v) is 5.62. The molecule has 1 saturated carbocycles. The van der Waals surface area contributed by atoms with E-state index in [1.807, 2.05) is 10.3 Å². The third kappa shape index (κ3) is 5.25. The predicted octanol–water partition coefficient (Wildman–Crippen LogP) is 3.83. The Bertz CT molecular complexity index is 701. The van der Waals surface area contributed by atoms with E-state index in [1.54, 1.807) is 12.1 Å². The summed E-state index contributed by atoms with van der Waals surface area (Å²) in [6, 6.07) is 6.80. The van der Waals surface area contributed by atoms with Gasteiger partial charge >= 0.3 is 0 Å². The zero-order valence-corrected chi connectivity index (χ0v) is 16.3. The van der Waals surface area contributed by atoms with Crippen LogP contribution in [0.2, 0.25) is 0 Å². The van der Waals surface area contributed by atoms with Crippen LogP contribution >= 0.6 is 23.7 Å². The number of benzene rings is 1. The Balaban J connectivity index is 0.00000243. The molecule has 1 aliphatic rings. The van der Waals surface area contributed by atoms with Gasteiger partial charge in [0, 0.05) is 24.4 Å². The molecule has 1 heterocycles. The highest BCUT2D eigenvalue weighted by atomic mass is 35.5. The van der Waals surface area contributed by atoms with Crippen molar-refractivity contribution >= 4 is 29.7 Å². The summed E-state index contributed by atoms with van der Waals surface area (Å²) >= 11 is 1.50. The maximum Gasteiger partial charge on any atom is 0.273 e. The second kappa shape index (κ2) is 10.00. The average Bonchev–Trinajstić information content (AvgIpc) is 3.29. The van der Waals surface area contributed by atoms with E-state index >= 15 is 0 Å². The van der Waals surface area contributed by atoms with E-state index in [-0.39, 0.29) is 30.2 Å². The van der Waals surface area contributed by atoms with Crippen LogP contribution in [-0.2, 0) is 12.8 Å². The molecule has 1 amide bonds. The van der Waals surface area contributed by atoms with E-state index in [0.717, 1.165) is 29.8 Å². The number of rotatable bonds is 7. The van der Waals surface area contributed by atoms with Crippen LogP contribution in [0.4, 0.5) is 4.39 Å². The van der Waals surface area contributed by atoms with E-state index in [4.69, 9.17) is 5.73 Å². The molecule has 0 spiro atoms. The average molecular weight is 398 g/mol. The molecular weight excluding hydrogens is 373 g/mol. The highest BCUT2D eigenvalue weighted by Crippen LogP contribution is 2.26. The van der Waals surface area contributed by atoms with Gasteiger partial charge in [-0.1, -0.05) is 25.0 Å². The number of hydrogen-bond acceptors (Lipinski definition) is 4. The second-order valence-electron chi connectivity index (χ2n) is 6.48. The predicted molar refractivity (Wildman–Crippen MR) is 106 cm³/mol. The van der Waals surface area contributed by atoms with Gasteiger partial charge < -0.3 is 10.6 Å². The number of halogens is 2. The Morgan fingerprint density at radius 3 is 2.58 bits per heavy atom. The summed E-state index contributed by atoms with van der Waals surface area (Å²) in [5, 5.41) is 2.75. The van der Waals surface area contributed by atoms with E-state index < -0.39 is 0 Å². The van der Waals surface area contributed by atoms with Crippen molar-refractivity contribution in [1.29, 1.82) is 0 Å². The molecule has 0 aliphatic heterocycles. The molecule has 2 aromatic rings. The molecule has 7 heteroatoms. The van der Waals surface area contributed by atoms with Crippen LogP contribution in [-0.4, -0.2) is 34.9 Å². The Kier molecular flexibility index (Phi) is 8.00. The van der Waals surface area contributed by atoms with Crippen molar-refractivity contribution in [3.63, 3.8) is 0 Å². The molecular formula is C19H25ClFN3OS. The van der Waals surface area contributed by atoms with Crippen LogP contribution in [0.15, 0.2) is 29.6 Å². The Labute approximate surface area is 164 Å². The quantitative estimate of drug-likeness (QED) is 0.772. The number of hydrogen-bond donors (Lipinski definition) is 1. The van der Waals surface area contributed by atoms with Crippen molar-refractivity contribution in [3.8, 4) is 0 Å². The lowest BCUT2D eigenvalue weighted by molar-refractivity contribution is 0.0678. The number of carbonyl (C=O) groups excluding carboxylic acids is 1. The van der Waals surface area contributed by atoms with E-state index in [9.17, 15) is 9.18 Å². The first-order valence-electron chi connectivity index (χ1n) is 8.87. The molecule has 26 heavy (non-hydrogen) atoms. The standard InChI is InChI=1S/C19H24FN3OS.ClH/c20-15-7-5-14(6-8-15)10-12-23(16-3-1-2-4-16)19(24)17-13-25-18(22-17)9-11-21;/h5-8,13,16H,1-4,9-12,21H2;1H. The smallest absolute Gasteiger partial charge is 0.273 e. The van der Waals surface area contributed by atoms with Crippen LogP contribution in [0.1, 0.15) is 46.7 Å². The normalized spacial score (nSPS) is 14.2. The minimum atomic E-state index is -0.234. The summed E-state index contributed by atoms with van der Waals surface area (Å²) in [7, 11) is 0. The molecule has 0 atom stereocenters. The highest BCUT2D eigenvalue weighted by Gasteiger charge is 2.28. The number of carbonyl (C=O) groups is 1. The van der Waals surface area contributed by atoms with E-state index in [2.05, 4.69) is 4.98 Å². The molecule has 2 N–H and O–H groups in total. The molecule has 0 saturated heterocycles. The fraction of sp³-hybridized carbons (Fsp3) is 0.474. The zero-order valence-electron chi connectivity index (χ0n) is 14.7. The first-order chi connectivity index (χ1) is 12.2. The van der Waals surface area contributed by atoms with Crippen LogP contribution in [0.3, 0.4) is 0 Å². The molecule has 0 radical (unpaired) electrons. The summed E-state index contributed by atoms with van der Waals surface area (Å²) in [6.45, 7) is 1.18. The summed E-state index contributed by atoms with van der Waals surface area (Å²) in [5.74, 6) is -0.226. The summed E-state index contributed by atoms with van der Waals surface area (Å²) in [6.07, 6.45) is 5.87. The lowest BCUT2D eigenvalue weighted by atomic mass is 10.1. The van der Waals surface area contributed by atoms with Gasteiger partial charge in [0.15, 0.2) is 0 Å². The fourth-order valence-electron chi connectivity index (χ4n) is 3.36. The molecule has 4 nitrogen and oxygen atoms in total. The lowest BCUT2D eigenvalue weighted by Crippen LogP contribution is -2.40. The number of amides is 1. The first kappa shape index (κ1) is 20.8. The Morgan fingerprint density at radius 2 is 1.92 bits per heavy atom. The maximum absolute atomic E-state index is 13.1. The van der Waals surface area contributed by atoms with Gasteiger partial charge in [0.2, 0.25) is 0 Å². The minimum absolute atomic E-state index is 0. The number of nitrogens with zero attached hydrogens (tertiary/aromatic N) is 2. The van der Waals surface area contributed by atoms with Crippen LogP contribution in [0, 0.1) is 5.82 Å². The van der Waals surface area contributed by atoms with Gasteiger partial charge in [0.25, 0.3) is 5.91 Å². The largest absolute Gasteiger partial charge is 0.334 e. The summed E-state index contributed by atoms with van der Waals surface area (Å²) in [5.41, 5.74) is 7.14. The van der Waals surface area contributed by atoms with Gasteiger partial charge in [-0.25, -0.2) is 9.37 Å². The number of nitrogens with two attached hydrogens (primary N) is 1. The van der Waals surface area contributed by atoms with E-state index in [0.29, 0.717) is 25.2 Å². The van der Waals surface area contributed by atoms with E-state index in [1.165, 1.54) is 36.3 Å². The van der Waals surface area contributed by atoms with Crippen LogP contribution < -0.4 is 5.73 Å². The Morgan fingerprint density at radius 1 is 1.23 bits per heavy atom. The molecule has 0 unspecified atom stereocenters. The van der Waals surface area contributed by atoms with Crippen molar-refractivity contribution in [2.24, 2.45) is 5.73 Å². The monoisotopic (exact) mass is 397 g/mol. The number of thiazole rings is 1. The number of aromatic nitrogens is 1. The molecule has 1 aliphatic carbocycles. The Hall–Kier alpha value is -1.50. The van der Waals surface area contributed by atoms with Crippen LogP contribution in [0.25, 0.3) is 0 Å². The van der Waals surface area contributed by atoms with Crippen molar-refractivity contribution in [1.82, 2.24) is 9.88 Å². The summed E-state index contributed by atoms with van der Waals surface area (Å²) < 4.78 is 13.1. The summed E-state index contributed by atoms with van der Waals surface area (Å²) in [4.78, 5) is 19.4. The minimum Gasteiger partial charge on any atom is -0.334 e. The van der Waals surface area contributed by atoms with Crippen molar-refractivity contribution in [2.45, 2.75) is 44.6 Å². The van der Waals surface area contributed by atoms with Gasteiger partial charge in [-0.3, -0.25) is 4.79 Å². The molecule has 1 aromatic carbocycles. The molecule has 1 aromatic heterocycles. The fourth-order valence-corrected chi connectivity index (χ4v) is 4.15. The highest BCUT2D eigenvalue weighted by molar-refractivity contribution is 7.09. The van der Waals surface area contributed by atoms with Crippen molar-refractivity contribution in [2.75, 3.05) is 13.1 Å². The third-order valence-electron chi connectivity index (χ3n) is 4.71. The zero-order chi connectivity index (χ0) is 17.6. The van der Waals surface area contributed by atoms with Gasteiger partial charge in [-0.15, -0.1) is 23.7 Å². The van der Waals surface area contributed by atoms with Gasteiger partial charge in [0.1, 0.15) is 11.5 Å². The molecule has 0 bridgehead atoms.